The van der Waals surface area contributed by atoms with Crippen LogP contribution in [0.1, 0.15) is 0 Å². The third-order valence-electron chi connectivity index (χ3n) is 2.12. The number of aromatic nitrogens is 2. The Morgan fingerprint density at radius 1 is 1.40 bits per heavy atom. The summed E-state index contributed by atoms with van der Waals surface area (Å²) in [5.41, 5.74) is 2.45. The highest BCUT2D eigenvalue weighted by molar-refractivity contribution is 6.29. The van der Waals surface area contributed by atoms with E-state index < -0.39 is 0 Å². The topological polar surface area (TPSA) is 76.3 Å². The molecule has 15 heavy (non-hydrogen) atoms. The van der Waals surface area contributed by atoms with E-state index >= 15 is 0 Å². The minimum absolute atomic E-state index is 0.374. The van der Waals surface area contributed by atoms with Gasteiger partial charge in [0.15, 0.2) is 0 Å². The monoisotopic (exact) mass is 229 g/mol. The van der Waals surface area contributed by atoms with Crippen LogP contribution < -0.4 is 16.2 Å². The summed E-state index contributed by atoms with van der Waals surface area (Å²) in [4.78, 5) is 10.4. The zero-order valence-corrected chi connectivity index (χ0v) is 8.87. The number of hydrogen-bond acceptors (Lipinski definition) is 6. The van der Waals surface area contributed by atoms with Crippen molar-refractivity contribution in [3.05, 3.63) is 11.2 Å². The van der Waals surface area contributed by atoms with Gasteiger partial charge >= 0.3 is 0 Å². The summed E-state index contributed by atoms with van der Waals surface area (Å²) in [6, 6.07) is 1.57. The van der Waals surface area contributed by atoms with Crippen LogP contribution in [-0.2, 0) is 4.74 Å². The Morgan fingerprint density at radius 2 is 2.13 bits per heavy atom. The van der Waals surface area contributed by atoms with Gasteiger partial charge < -0.3 is 15.1 Å². The fraction of sp³-hybridized carbons (Fsp3) is 0.500. The van der Waals surface area contributed by atoms with Crippen molar-refractivity contribution in [3.8, 4) is 0 Å². The normalized spacial score (nSPS) is 16.5. The molecular weight excluding hydrogens is 218 g/mol. The van der Waals surface area contributed by atoms with Crippen molar-refractivity contribution in [2.75, 3.05) is 36.6 Å². The smallest absolute Gasteiger partial charge is 0.228 e. The zero-order valence-electron chi connectivity index (χ0n) is 8.11. The van der Waals surface area contributed by atoms with E-state index in [1.165, 1.54) is 0 Å². The lowest BCUT2D eigenvalue weighted by atomic mass is 10.4. The Balaban J connectivity index is 2.22. The fourth-order valence-electron chi connectivity index (χ4n) is 1.38. The molecule has 2 rings (SSSR count). The quantitative estimate of drug-likeness (QED) is 0.430. The van der Waals surface area contributed by atoms with Gasteiger partial charge in [-0.3, -0.25) is 0 Å². The first kappa shape index (κ1) is 10.4. The average molecular weight is 230 g/mol. The molecule has 1 aliphatic rings. The number of ether oxygens (including phenoxy) is 1. The van der Waals surface area contributed by atoms with E-state index in [0.717, 1.165) is 13.1 Å². The number of morpholine rings is 1. The van der Waals surface area contributed by atoms with Crippen LogP contribution in [0.3, 0.4) is 0 Å². The molecular formula is C8H12ClN5O. The Morgan fingerprint density at radius 3 is 2.80 bits per heavy atom. The highest BCUT2D eigenvalue weighted by Gasteiger charge is 2.14. The third kappa shape index (κ3) is 2.47. The first-order valence-electron chi connectivity index (χ1n) is 4.63. The molecule has 0 bridgehead atoms. The predicted molar refractivity (Wildman–Crippen MR) is 57.9 cm³/mol. The van der Waals surface area contributed by atoms with E-state index in [1.54, 1.807) is 6.07 Å². The Kier molecular flexibility index (Phi) is 3.20. The van der Waals surface area contributed by atoms with E-state index in [9.17, 15) is 0 Å². The summed E-state index contributed by atoms with van der Waals surface area (Å²) < 4.78 is 5.24. The SMILES string of the molecule is NNc1cc(Cl)nc(N2CCOCC2)n1. The van der Waals surface area contributed by atoms with Crippen LogP contribution in [-0.4, -0.2) is 36.3 Å². The van der Waals surface area contributed by atoms with Gasteiger partial charge in [0.2, 0.25) is 5.95 Å². The van der Waals surface area contributed by atoms with Crippen molar-refractivity contribution in [1.82, 2.24) is 9.97 Å². The molecule has 0 radical (unpaired) electrons. The van der Waals surface area contributed by atoms with E-state index in [1.807, 2.05) is 4.90 Å². The molecule has 2 heterocycles. The lowest BCUT2D eigenvalue weighted by Gasteiger charge is -2.26. The molecule has 82 valence electrons. The summed E-state index contributed by atoms with van der Waals surface area (Å²) in [5.74, 6) is 6.37. The number of nitrogen functional groups attached to an aromatic ring is 1. The van der Waals surface area contributed by atoms with E-state index in [4.69, 9.17) is 22.2 Å². The summed E-state index contributed by atoms with van der Waals surface area (Å²) in [7, 11) is 0. The van der Waals surface area contributed by atoms with Crippen LogP contribution in [0, 0.1) is 0 Å². The molecule has 1 aromatic heterocycles. The van der Waals surface area contributed by atoms with Gasteiger partial charge in [-0.05, 0) is 0 Å². The largest absolute Gasteiger partial charge is 0.378 e. The standard InChI is InChI=1S/C8H12ClN5O/c9-6-5-7(13-10)12-8(11-6)14-1-3-15-4-2-14/h5H,1-4,10H2,(H,11,12,13). The molecule has 7 heteroatoms. The van der Waals surface area contributed by atoms with Gasteiger partial charge in [-0.1, -0.05) is 11.6 Å². The molecule has 0 saturated carbocycles. The van der Waals surface area contributed by atoms with Crippen molar-refractivity contribution < 1.29 is 4.74 Å². The summed E-state index contributed by atoms with van der Waals surface area (Å²) in [6.07, 6.45) is 0. The number of nitrogens with two attached hydrogens (primary N) is 1. The van der Waals surface area contributed by atoms with Crippen LogP contribution in [0.4, 0.5) is 11.8 Å². The molecule has 0 unspecified atom stereocenters. The van der Waals surface area contributed by atoms with Gasteiger partial charge in [0.1, 0.15) is 11.0 Å². The van der Waals surface area contributed by atoms with Gasteiger partial charge in [0.05, 0.1) is 13.2 Å². The molecule has 0 aromatic carbocycles. The van der Waals surface area contributed by atoms with Gasteiger partial charge in [-0.2, -0.15) is 4.98 Å². The molecule has 1 saturated heterocycles. The lowest BCUT2D eigenvalue weighted by molar-refractivity contribution is 0.122. The minimum atomic E-state index is 0.374. The van der Waals surface area contributed by atoms with Crippen LogP contribution in [0.2, 0.25) is 5.15 Å². The second-order valence-corrected chi connectivity index (χ2v) is 3.51. The van der Waals surface area contributed by atoms with Gasteiger partial charge in [-0.25, -0.2) is 10.8 Å². The molecule has 0 atom stereocenters. The van der Waals surface area contributed by atoms with E-state index in [-0.39, 0.29) is 0 Å². The van der Waals surface area contributed by atoms with Crippen LogP contribution in [0.25, 0.3) is 0 Å². The molecule has 6 nitrogen and oxygen atoms in total. The van der Waals surface area contributed by atoms with Gasteiger partial charge in [0.25, 0.3) is 0 Å². The Labute approximate surface area is 92.4 Å². The third-order valence-corrected chi connectivity index (χ3v) is 2.32. The van der Waals surface area contributed by atoms with E-state index in [0.29, 0.717) is 30.1 Å². The summed E-state index contributed by atoms with van der Waals surface area (Å²) in [6.45, 7) is 2.90. The number of rotatable bonds is 2. The minimum Gasteiger partial charge on any atom is -0.378 e. The zero-order chi connectivity index (χ0) is 10.7. The lowest BCUT2D eigenvalue weighted by Crippen LogP contribution is -2.37. The van der Waals surface area contributed by atoms with Crippen LogP contribution in [0.15, 0.2) is 6.07 Å². The second kappa shape index (κ2) is 4.61. The number of anilines is 2. The summed E-state index contributed by atoms with van der Waals surface area (Å²) in [5, 5.41) is 0.374. The molecule has 0 amide bonds. The van der Waals surface area contributed by atoms with Crippen molar-refractivity contribution in [2.24, 2.45) is 5.84 Å². The molecule has 1 fully saturated rings. The van der Waals surface area contributed by atoms with Crippen LogP contribution >= 0.6 is 11.6 Å². The first-order valence-corrected chi connectivity index (χ1v) is 5.01. The fourth-order valence-corrected chi connectivity index (χ4v) is 1.56. The Hall–Kier alpha value is -1.11. The average Bonchev–Trinajstić information content (AvgIpc) is 2.29. The second-order valence-electron chi connectivity index (χ2n) is 3.12. The molecule has 3 N–H and O–H groups in total. The molecule has 1 aromatic rings. The van der Waals surface area contributed by atoms with Crippen molar-refractivity contribution in [1.29, 1.82) is 0 Å². The van der Waals surface area contributed by atoms with Crippen molar-refractivity contribution >= 4 is 23.4 Å². The molecule has 1 aliphatic heterocycles. The maximum atomic E-state index is 5.84. The van der Waals surface area contributed by atoms with Crippen molar-refractivity contribution in [2.45, 2.75) is 0 Å². The highest BCUT2D eigenvalue weighted by atomic mass is 35.5. The Bertz CT molecular complexity index is 342. The maximum Gasteiger partial charge on any atom is 0.228 e. The predicted octanol–water partition coefficient (Wildman–Crippen LogP) is 0.252. The first-order chi connectivity index (χ1) is 7.29. The number of hydrogen-bond donors (Lipinski definition) is 2. The number of nitrogens with one attached hydrogen (secondary N) is 1. The van der Waals surface area contributed by atoms with Crippen molar-refractivity contribution in [3.63, 3.8) is 0 Å². The molecule has 0 aliphatic carbocycles. The highest BCUT2D eigenvalue weighted by Crippen LogP contribution is 2.17. The van der Waals surface area contributed by atoms with Gasteiger partial charge in [-0.15, -0.1) is 0 Å². The maximum absolute atomic E-state index is 5.84. The number of hydrazine groups is 1. The number of halogens is 1. The molecule has 0 spiro atoms. The summed E-state index contributed by atoms with van der Waals surface area (Å²) >= 11 is 5.84. The van der Waals surface area contributed by atoms with Crippen LogP contribution in [0.5, 0.6) is 0 Å². The number of nitrogens with zero attached hydrogens (tertiary/aromatic N) is 3. The van der Waals surface area contributed by atoms with Gasteiger partial charge in [0, 0.05) is 19.2 Å². The van der Waals surface area contributed by atoms with E-state index in [2.05, 4.69) is 15.4 Å².